The van der Waals surface area contributed by atoms with Gasteiger partial charge in [-0.15, -0.1) is 0 Å². The molecule has 0 amide bonds. The third-order valence-electron chi connectivity index (χ3n) is 3.20. The van der Waals surface area contributed by atoms with E-state index in [4.69, 9.17) is 16.3 Å². The van der Waals surface area contributed by atoms with Crippen molar-refractivity contribution in [3.05, 3.63) is 70.3 Å². The maximum absolute atomic E-state index is 11.3. The fourth-order valence-corrected chi connectivity index (χ4v) is 2.40. The first-order valence-electron chi connectivity index (χ1n) is 6.11. The highest BCUT2D eigenvalue weighted by atomic mass is 35.5. The van der Waals surface area contributed by atoms with Crippen LogP contribution in [0.2, 0.25) is 5.02 Å². The van der Waals surface area contributed by atoms with Crippen LogP contribution in [0.5, 0.6) is 5.75 Å². The highest BCUT2D eigenvalue weighted by Gasteiger charge is 2.28. The molecule has 0 radical (unpaired) electrons. The summed E-state index contributed by atoms with van der Waals surface area (Å²) in [5.74, 6) is 0.884. The van der Waals surface area contributed by atoms with Crippen molar-refractivity contribution in [2.45, 2.75) is 6.10 Å². The molecule has 2 aromatic rings. The molecule has 100 valence electrons. The van der Waals surface area contributed by atoms with Gasteiger partial charge in [0.2, 0.25) is 0 Å². The summed E-state index contributed by atoms with van der Waals surface area (Å²) in [5.41, 5.74) is 1.44. The van der Waals surface area contributed by atoms with E-state index in [2.05, 4.69) is 0 Å². The Labute approximate surface area is 121 Å². The Morgan fingerprint density at radius 3 is 2.60 bits per heavy atom. The second-order valence-electron chi connectivity index (χ2n) is 4.46. The van der Waals surface area contributed by atoms with Gasteiger partial charge in [-0.2, -0.15) is 0 Å². The van der Waals surface area contributed by atoms with Gasteiger partial charge in [-0.3, -0.25) is 4.79 Å². The van der Waals surface area contributed by atoms with Gasteiger partial charge in [0.1, 0.15) is 17.6 Å². The number of hydrogen-bond acceptors (Lipinski definition) is 3. The molecule has 20 heavy (non-hydrogen) atoms. The minimum Gasteiger partial charge on any atom is -0.456 e. The van der Waals surface area contributed by atoms with E-state index >= 15 is 0 Å². The van der Waals surface area contributed by atoms with Crippen LogP contribution in [-0.2, 0) is 4.79 Å². The quantitative estimate of drug-likeness (QED) is 0.861. The molecule has 0 spiro atoms. The van der Waals surface area contributed by atoms with E-state index < -0.39 is 6.10 Å². The van der Waals surface area contributed by atoms with Crippen LogP contribution in [0, 0.1) is 0 Å². The number of ether oxygens (including phenoxy) is 1. The van der Waals surface area contributed by atoms with Crippen molar-refractivity contribution in [3.63, 3.8) is 0 Å². The molecule has 0 saturated heterocycles. The molecule has 3 rings (SSSR count). The van der Waals surface area contributed by atoms with Crippen molar-refractivity contribution in [1.29, 1.82) is 0 Å². The number of benzene rings is 2. The molecule has 0 unspecified atom stereocenters. The minimum atomic E-state index is -1.04. The highest BCUT2D eigenvalue weighted by Crippen LogP contribution is 2.41. The first kappa shape index (κ1) is 12.9. The van der Waals surface area contributed by atoms with Crippen molar-refractivity contribution in [1.82, 2.24) is 0 Å². The summed E-state index contributed by atoms with van der Waals surface area (Å²) in [6, 6.07) is 14.2. The summed E-state index contributed by atoms with van der Waals surface area (Å²) in [5, 5.41) is 10.8. The van der Waals surface area contributed by atoms with Gasteiger partial charge in [0.15, 0.2) is 6.29 Å². The second kappa shape index (κ2) is 5.12. The lowest BCUT2D eigenvalue weighted by molar-refractivity contribution is -0.105. The van der Waals surface area contributed by atoms with Crippen LogP contribution in [0.25, 0.3) is 5.76 Å². The van der Waals surface area contributed by atoms with Gasteiger partial charge in [-0.1, -0.05) is 41.9 Å². The molecule has 1 heterocycles. The van der Waals surface area contributed by atoms with Crippen LogP contribution in [-0.4, -0.2) is 11.4 Å². The third kappa shape index (κ3) is 2.11. The molecule has 1 aliphatic rings. The predicted octanol–water partition coefficient (Wildman–Crippen LogP) is 3.38. The number of rotatable bonds is 2. The molecule has 1 aliphatic heterocycles. The van der Waals surface area contributed by atoms with Crippen LogP contribution in [0.3, 0.4) is 0 Å². The number of carbonyl (C=O) groups is 1. The summed E-state index contributed by atoms with van der Waals surface area (Å²) in [6.45, 7) is 0. The zero-order chi connectivity index (χ0) is 14.1. The molecule has 3 nitrogen and oxygen atoms in total. The van der Waals surface area contributed by atoms with Crippen LogP contribution < -0.4 is 4.74 Å². The van der Waals surface area contributed by atoms with Gasteiger partial charge in [0, 0.05) is 16.1 Å². The number of halogens is 1. The van der Waals surface area contributed by atoms with Gasteiger partial charge in [-0.25, -0.2) is 0 Å². The summed E-state index contributed by atoms with van der Waals surface area (Å²) < 4.78 is 5.78. The van der Waals surface area contributed by atoms with Crippen LogP contribution in [0.4, 0.5) is 0 Å². The number of aliphatic hydroxyl groups is 1. The summed E-state index contributed by atoms with van der Waals surface area (Å²) >= 11 is 5.92. The van der Waals surface area contributed by atoms with Gasteiger partial charge < -0.3 is 9.84 Å². The van der Waals surface area contributed by atoms with E-state index in [1.807, 2.05) is 30.3 Å². The second-order valence-corrected chi connectivity index (χ2v) is 4.89. The van der Waals surface area contributed by atoms with Crippen molar-refractivity contribution in [2.24, 2.45) is 0 Å². The lowest BCUT2D eigenvalue weighted by atomic mass is 9.95. The molecule has 1 atom stereocenters. The Morgan fingerprint density at radius 1 is 1.15 bits per heavy atom. The number of hydrogen-bond donors (Lipinski definition) is 1. The normalized spacial score (nSPS) is 17.4. The van der Waals surface area contributed by atoms with Crippen molar-refractivity contribution in [3.8, 4) is 5.75 Å². The van der Waals surface area contributed by atoms with Crippen molar-refractivity contribution >= 4 is 23.6 Å². The maximum Gasteiger partial charge on any atom is 0.152 e. The lowest BCUT2D eigenvalue weighted by Crippen LogP contribution is -2.15. The summed E-state index contributed by atoms with van der Waals surface area (Å²) in [7, 11) is 0. The van der Waals surface area contributed by atoms with Gasteiger partial charge in [0.25, 0.3) is 0 Å². The first-order valence-corrected chi connectivity index (χ1v) is 6.48. The van der Waals surface area contributed by atoms with Crippen LogP contribution in [0.1, 0.15) is 17.2 Å². The molecule has 0 aromatic heterocycles. The Balaban J connectivity index is 2.15. The number of aldehydes is 1. The zero-order valence-corrected chi connectivity index (χ0v) is 11.2. The van der Waals surface area contributed by atoms with E-state index in [0.29, 0.717) is 28.4 Å². The average Bonchev–Trinajstić information content (AvgIpc) is 2.48. The Bertz CT molecular complexity index is 692. The van der Waals surface area contributed by atoms with E-state index in [9.17, 15) is 9.90 Å². The summed E-state index contributed by atoms with van der Waals surface area (Å²) in [4.78, 5) is 11.3. The molecule has 0 saturated carbocycles. The molecule has 1 N–H and O–H groups in total. The monoisotopic (exact) mass is 286 g/mol. The average molecular weight is 287 g/mol. The topological polar surface area (TPSA) is 46.5 Å². The van der Waals surface area contributed by atoms with Crippen molar-refractivity contribution < 1.29 is 14.6 Å². The molecular formula is C16H11ClO3. The lowest BCUT2D eigenvalue weighted by Gasteiger charge is -2.25. The SMILES string of the molecule is O=CC1=C(c2ccccc2)Oc2ccc(Cl)cc2[C@H]1O. The largest absolute Gasteiger partial charge is 0.456 e. The number of fused-ring (bicyclic) bond motifs is 1. The fourth-order valence-electron chi connectivity index (χ4n) is 2.22. The molecule has 0 aliphatic carbocycles. The highest BCUT2D eigenvalue weighted by molar-refractivity contribution is 6.30. The molecule has 4 heteroatoms. The van der Waals surface area contributed by atoms with Gasteiger partial charge in [-0.05, 0) is 18.2 Å². The maximum atomic E-state index is 11.3. The minimum absolute atomic E-state index is 0.200. The van der Waals surface area contributed by atoms with Gasteiger partial charge >= 0.3 is 0 Å². The van der Waals surface area contributed by atoms with E-state index in [1.165, 1.54) is 0 Å². The van der Waals surface area contributed by atoms with E-state index in [0.717, 1.165) is 5.56 Å². The fraction of sp³-hybridized carbons (Fsp3) is 0.0625. The smallest absolute Gasteiger partial charge is 0.152 e. The van der Waals surface area contributed by atoms with E-state index in [-0.39, 0.29) is 5.57 Å². The summed E-state index contributed by atoms with van der Waals surface area (Å²) in [6.07, 6.45) is -0.415. The Morgan fingerprint density at radius 2 is 1.90 bits per heavy atom. The third-order valence-corrected chi connectivity index (χ3v) is 3.43. The Kier molecular flexibility index (Phi) is 3.30. The number of aliphatic hydroxyl groups excluding tert-OH is 1. The van der Waals surface area contributed by atoms with Crippen LogP contribution >= 0.6 is 11.6 Å². The predicted molar refractivity (Wildman–Crippen MR) is 76.5 cm³/mol. The Hall–Kier alpha value is -2.10. The van der Waals surface area contributed by atoms with Crippen LogP contribution in [0.15, 0.2) is 54.1 Å². The zero-order valence-electron chi connectivity index (χ0n) is 10.4. The van der Waals surface area contributed by atoms with Crippen molar-refractivity contribution in [2.75, 3.05) is 0 Å². The van der Waals surface area contributed by atoms with E-state index in [1.54, 1.807) is 18.2 Å². The molecular weight excluding hydrogens is 276 g/mol. The molecule has 0 fully saturated rings. The van der Waals surface area contributed by atoms with Gasteiger partial charge in [0.05, 0.1) is 5.57 Å². The first-order chi connectivity index (χ1) is 9.70. The number of carbonyl (C=O) groups excluding carboxylic acids is 1. The molecule has 0 bridgehead atoms. The molecule has 2 aromatic carbocycles. The standard InChI is InChI=1S/C16H11ClO3/c17-11-6-7-14-12(8-11)15(19)13(9-18)16(20-14)10-4-2-1-3-5-10/h1-9,15,19H/t15-/m1/s1.